The molecule has 0 fully saturated rings. The predicted octanol–water partition coefficient (Wildman–Crippen LogP) is 2.06. The molecule has 104 valence electrons. The van der Waals surface area contributed by atoms with E-state index in [0.29, 0.717) is 12.1 Å². The fourth-order valence-electron chi connectivity index (χ4n) is 1.20. The molecule has 0 unspecified atom stereocenters. The van der Waals surface area contributed by atoms with Crippen molar-refractivity contribution in [3.8, 4) is 6.19 Å². The lowest BCUT2D eigenvalue weighted by Crippen LogP contribution is -2.12. The third-order valence-electron chi connectivity index (χ3n) is 2.02. The molecule has 0 aliphatic rings. The van der Waals surface area contributed by atoms with Gasteiger partial charge in [-0.3, -0.25) is 25.5 Å². The van der Waals surface area contributed by atoms with Crippen LogP contribution in [0, 0.1) is 37.5 Å². The number of hydrogen-bond donors (Lipinski definition) is 1. The summed E-state index contributed by atoms with van der Waals surface area (Å²) in [5.74, 6) is -1.25. The molecule has 0 saturated heterocycles. The van der Waals surface area contributed by atoms with Crippen molar-refractivity contribution in [1.29, 1.82) is 5.26 Å². The van der Waals surface area contributed by atoms with Crippen LogP contribution in [0.25, 0.3) is 0 Å². The van der Waals surface area contributed by atoms with Crippen molar-refractivity contribution in [3.05, 3.63) is 38.2 Å². The summed E-state index contributed by atoms with van der Waals surface area (Å²) < 4.78 is 13.5. The van der Waals surface area contributed by atoms with E-state index in [1.165, 1.54) is 6.26 Å². The number of aliphatic imine (C=N–C) groups is 1. The number of nitro groups is 2. The van der Waals surface area contributed by atoms with Crippen molar-refractivity contribution in [1.82, 2.24) is 5.32 Å². The van der Waals surface area contributed by atoms with Gasteiger partial charge >= 0.3 is 11.4 Å². The molecule has 0 radical (unpaired) electrons. The SMILES string of the molecule is CSC(=Nc1cc(F)c([N+](=O)[O-])cc1[N+](=O)[O-])NC#N. The molecule has 0 aliphatic heterocycles. The summed E-state index contributed by atoms with van der Waals surface area (Å²) >= 11 is 0.964. The van der Waals surface area contributed by atoms with E-state index in [0.717, 1.165) is 11.8 Å². The molecule has 0 bridgehead atoms. The first-order chi connectivity index (χ1) is 9.40. The molecule has 1 aromatic rings. The van der Waals surface area contributed by atoms with Gasteiger partial charge in [-0.1, -0.05) is 11.8 Å². The highest BCUT2D eigenvalue weighted by atomic mass is 32.2. The Balaban J connectivity index is 3.47. The van der Waals surface area contributed by atoms with Crippen molar-refractivity contribution >= 4 is 34.0 Å². The van der Waals surface area contributed by atoms with Crippen molar-refractivity contribution in [2.75, 3.05) is 6.26 Å². The average Bonchev–Trinajstić information content (AvgIpc) is 2.37. The smallest absolute Gasteiger partial charge is 0.271 e. The van der Waals surface area contributed by atoms with Gasteiger partial charge in [-0.2, -0.15) is 9.65 Å². The highest BCUT2D eigenvalue weighted by molar-refractivity contribution is 8.13. The number of hydrogen-bond acceptors (Lipinski definition) is 7. The van der Waals surface area contributed by atoms with E-state index in [1.807, 2.05) is 0 Å². The third kappa shape index (κ3) is 3.39. The van der Waals surface area contributed by atoms with Crippen LogP contribution in [0.3, 0.4) is 0 Å². The number of thioether (sulfide) groups is 1. The van der Waals surface area contributed by atoms with Gasteiger partial charge in [0.1, 0.15) is 5.69 Å². The van der Waals surface area contributed by atoms with E-state index in [9.17, 15) is 24.6 Å². The van der Waals surface area contributed by atoms with E-state index < -0.39 is 32.7 Å². The van der Waals surface area contributed by atoms with Gasteiger partial charge in [-0.25, -0.2) is 4.99 Å². The number of nitro benzene ring substituents is 2. The van der Waals surface area contributed by atoms with Crippen LogP contribution in [0.5, 0.6) is 0 Å². The van der Waals surface area contributed by atoms with E-state index in [1.54, 1.807) is 6.19 Å². The molecule has 1 aromatic carbocycles. The summed E-state index contributed by atoms with van der Waals surface area (Å²) in [5.41, 5.74) is -2.18. The molecule has 0 heterocycles. The molecule has 0 amide bonds. The van der Waals surface area contributed by atoms with Crippen molar-refractivity contribution < 1.29 is 14.2 Å². The molecule has 1 N–H and O–H groups in total. The quantitative estimate of drug-likeness (QED) is 0.225. The largest absolute Gasteiger partial charge is 0.311 e. The third-order valence-corrected chi connectivity index (χ3v) is 2.60. The average molecular weight is 299 g/mol. The van der Waals surface area contributed by atoms with Crippen LogP contribution in [0.4, 0.5) is 21.5 Å². The summed E-state index contributed by atoms with van der Waals surface area (Å²) in [5, 5.41) is 31.9. The standard InChI is InChI=1S/C9H6FN5O4S/c1-20-9(12-4-11)13-6-2-5(10)7(14(16)17)3-8(6)15(18)19/h2-3H,1H3,(H,12,13). The van der Waals surface area contributed by atoms with Gasteiger partial charge in [-0.05, 0) is 6.26 Å². The van der Waals surface area contributed by atoms with E-state index in [-0.39, 0.29) is 5.17 Å². The Morgan fingerprint density at radius 1 is 1.40 bits per heavy atom. The Morgan fingerprint density at radius 2 is 2.00 bits per heavy atom. The highest BCUT2D eigenvalue weighted by Gasteiger charge is 2.24. The van der Waals surface area contributed by atoms with E-state index >= 15 is 0 Å². The number of rotatable bonds is 3. The second kappa shape index (κ2) is 6.43. The monoisotopic (exact) mass is 299 g/mol. The summed E-state index contributed by atoms with van der Waals surface area (Å²) in [6.45, 7) is 0. The van der Waals surface area contributed by atoms with Gasteiger partial charge in [0.25, 0.3) is 0 Å². The molecule has 0 saturated carbocycles. The Bertz CT molecular complexity index is 642. The fraction of sp³-hybridized carbons (Fsp3) is 0.111. The summed E-state index contributed by atoms with van der Waals surface area (Å²) in [7, 11) is 0. The second-order valence-electron chi connectivity index (χ2n) is 3.16. The number of nitriles is 1. The Labute approximate surface area is 115 Å². The van der Waals surface area contributed by atoms with E-state index in [2.05, 4.69) is 10.3 Å². The van der Waals surface area contributed by atoms with Crippen LogP contribution in [0.1, 0.15) is 0 Å². The zero-order valence-corrected chi connectivity index (χ0v) is 10.7. The van der Waals surface area contributed by atoms with Gasteiger partial charge < -0.3 is 0 Å². The Morgan fingerprint density at radius 3 is 2.45 bits per heavy atom. The highest BCUT2D eigenvalue weighted by Crippen LogP contribution is 2.34. The van der Waals surface area contributed by atoms with E-state index in [4.69, 9.17) is 5.26 Å². The molecule has 11 heteroatoms. The number of benzene rings is 1. The maximum absolute atomic E-state index is 13.5. The lowest BCUT2D eigenvalue weighted by Gasteiger charge is -2.02. The zero-order valence-electron chi connectivity index (χ0n) is 9.86. The van der Waals surface area contributed by atoms with Crippen LogP contribution < -0.4 is 5.32 Å². The first kappa shape index (κ1) is 15.3. The van der Waals surface area contributed by atoms with Gasteiger partial charge in [0.15, 0.2) is 11.4 Å². The molecule has 1 rings (SSSR count). The number of halogens is 1. The molecule has 0 atom stereocenters. The van der Waals surface area contributed by atoms with Crippen LogP contribution in [0.2, 0.25) is 0 Å². The maximum atomic E-state index is 13.5. The van der Waals surface area contributed by atoms with Gasteiger partial charge in [0.05, 0.1) is 15.9 Å². The van der Waals surface area contributed by atoms with Crippen LogP contribution in [-0.2, 0) is 0 Å². The second-order valence-corrected chi connectivity index (χ2v) is 3.96. The lowest BCUT2D eigenvalue weighted by molar-refractivity contribution is -0.395. The number of amidine groups is 1. The molecule has 0 aromatic heterocycles. The Hall–Kier alpha value is -2.74. The van der Waals surface area contributed by atoms with Crippen LogP contribution >= 0.6 is 11.8 Å². The fourth-order valence-corrected chi connectivity index (χ4v) is 1.54. The molecule has 0 aliphatic carbocycles. The van der Waals surface area contributed by atoms with Crippen LogP contribution in [-0.4, -0.2) is 21.3 Å². The summed E-state index contributed by atoms with van der Waals surface area (Å²) in [6, 6.07) is 1.06. The molecular formula is C9H6FN5O4S. The predicted molar refractivity (Wildman–Crippen MR) is 69.1 cm³/mol. The van der Waals surface area contributed by atoms with Crippen molar-refractivity contribution in [2.24, 2.45) is 4.99 Å². The zero-order chi connectivity index (χ0) is 15.3. The minimum absolute atomic E-state index is 0.0103. The van der Waals surface area contributed by atoms with Crippen molar-refractivity contribution in [2.45, 2.75) is 0 Å². The molecule has 0 spiro atoms. The van der Waals surface area contributed by atoms with Crippen LogP contribution in [0.15, 0.2) is 17.1 Å². The normalized spacial score (nSPS) is 10.8. The molecular weight excluding hydrogens is 293 g/mol. The van der Waals surface area contributed by atoms with Gasteiger partial charge in [0.2, 0.25) is 5.82 Å². The number of nitrogens with one attached hydrogen (secondary N) is 1. The summed E-state index contributed by atoms with van der Waals surface area (Å²) in [4.78, 5) is 23.1. The first-order valence-electron chi connectivity index (χ1n) is 4.80. The van der Waals surface area contributed by atoms with Crippen molar-refractivity contribution in [3.63, 3.8) is 0 Å². The summed E-state index contributed by atoms with van der Waals surface area (Å²) in [6.07, 6.45) is 3.10. The Kier molecular flexibility index (Phi) is 4.93. The molecule has 9 nitrogen and oxygen atoms in total. The van der Waals surface area contributed by atoms with Gasteiger partial charge in [-0.15, -0.1) is 0 Å². The minimum atomic E-state index is -1.25. The van der Waals surface area contributed by atoms with Gasteiger partial charge in [0, 0.05) is 6.07 Å². The first-order valence-corrected chi connectivity index (χ1v) is 6.03. The maximum Gasteiger partial charge on any atom is 0.311 e. The minimum Gasteiger partial charge on any atom is -0.271 e. The molecule has 20 heavy (non-hydrogen) atoms. The lowest BCUT2D eigenvalue weighted by atomic mass is 10.2. The number of nitrogens with zero attached hydrogens (tertiary/aromatic N) is 4. The topological polar surface area (TPSA) is 134 Å².